The third kappa shape index (κ3) is 4.24. The Bertz CT molecular complexity index is 833. The van der Waals surface area contributed by atoms with Crippen molar-refractivity contribution in [3.63, 3.8) is 0 Å². The number of hydrogen-bond acceptors (Lipinski definition) is 4. The van der Waals surface area contributed by atoms with Crippen LogP contribution in [0.25, 0.3) is 23.1 Å². The predicted octanol–water partition coefficient (Wildman–Crippen LogP) is 3.20. The molecule has 4 heteroatoms. The summed E-state index contributed by atoms with van der Waals surface area (Å²) in [7, 11) is 0. The van der Waals surface area contributed by atoms with Gasteiger partial charge in [0.2, 0.25) is 0 Å². The Kier molecular flexibility index (Phi) is 5.77. The highest BCUT2D eigenvalue weighted by molar-refractivity contribution is 5.90. The molecule has 3 aromatic rings. The summed E-state index contributed by atoms with van der Waals surface area (Å²) in [6, 6.07) is 18.2. The molecule has 0 atom stereocenters. The molecule has 0 aliphatic heterocycles. The Morgan fingerprint density at radius 2 is 1.56 bits per heavy atom. The molecule has 0 saturated carbocycles. The molecule has 2 N–H and O–H groups in total. The van der Waals surface area contributed by atoms with Crippen LogP contribution in [0.1, 0.15) is 11.1 Å². The molecule has 4 nitrogen and oxygen atoms in total. The molecule has 0 fully saturated rings. The van der Waals surface area contributed by atoms with E-state index in [4.69, 9.17) is 10.2 Å². The van der Waals surface area contributed by atoms with Crippen molar-refractivity contribution in [2.45, 2.75) is 0 Å². The highest BCUT2D eigenvalue weighted by Crippen LogP contribution is 2.20. The summed E-state index contributed by atoms with van der Waals surface area (Å²) in [4.78, 5) is 6.34. The smallest absolute Gasteiger partial charge is 0.0707 e. The van der Waals surface area contributed by atoms with E-state index in [1.165, 1.54) is 0 Å². The zero-order valence-electron chi connectivity index (χ0n) is 14.0. The number of pyridine rings is 1. The van der Waals surface area contributed by atoms with E-state index in [9.17, 15) is 0 Å². The standard InChI is InChI=1S/C21H22N2O2/c24-15-13-23(14-16-25)19-9-6-17(7-10-19)5-8-18-11-12-22-21-4-2-1-3-20(18)21/h1-12,24-25H,13-16H2/b8-5+. The van der Waals surface area contributed by atoms with Crippen molar-refractivity contribution in [3.05, 3.63) is 71.9 Å². The van der Waals surface area contributed by atoms with Crippen LogP contribution in [0, 0.1) is 0 Å². The van der Waals surface area contributed by atoms with E-state index in [0.717, 1.165) is 27.7 Å². The minimum atomic E-state index is 0.0662. The largest absolute Gasteiger partial charge is 0.395 e. The van der Waals surface area contributed by atoms with Gasteiger partial charge >= 0.3 is 0 Å². The molecule has 1 aromatic heterocycles. The number of para-hydroxylation sites is 1. The molecular formula is C21H22N2O2. The van der Waals surface area contributed by atoms with E-state index in [0.29, 0.717) is 13.1 Å². The van der Waals surface area contributed by atoms with Gasteiger partial charge in [-0.1, -0.05) is 42.5 Å². The van der Waals surface area contributed by atoms with Gasteiger partial charge in [-0.2, -0.15) is 0 Å². The van der Waals surface area contributed by atoms with Gasteiger partial charge in [-0.15, -0.1) is 0 Å². The van der Waals surface area contributed by atoms with E-state index in [1.807, 2.05) is 59.6 Å². The summed E-state index contributed by atoms with van der Waals surface area (Å²) in [5.41, 5.74) is 4.22. The first-order chi connectivity index (χ1) is 12.3. The molecule has 0 unspecified atom stereocenters. The average molecular weight is 334 g/mol. The maximum absolute atomic E-state index is 9.14. The van der Waals surface area contributed by atoms with Gasteiger partial charge < -0.3 is 15.1 Å². The molecular weight excluding hydrogens is 312 g/mol. The van der Waals surface area contributed by atoms with Gasteiger partial charge in [0.1, 0.15) is 0 Å². The second-order valence-corrected chi connectivity index (χ2v) is 5.78. The van der Waals surface area contributed by atoms with Crippen molar-refractivity contribution in [2.24, 2.45) is 0 Å². The van der Waals surface area contributed by atoms with Crippen LogP contribution in [0.5, 0.6) is 0 Å². The van der Waals surface area contributed by atoms with E-state index in [2.05, 4.69) is 23.2 Å². The first kappa shape index (κ1) is 17.1. The van der Waals surface area contributed by atoms with Crippen molar-refractivity contribution < 1.29 is 10.2 Å². The van der Waals surface area contributed by atoms with Crippen LogP contribution in [0.3, 0.4) is 0 Å². The van der Waals surface area contributed by atoms with Gasteiger partial charge in [0, 0.05) is 30.4 Å². The normalized spacial score (nSPS) is 11.3. The highest BCUT2D eigenvalue weighted by Gasteiger charge is 2.04. The summed E-state index contributed by atoms with van der Waals surface area (Å²) in [5, 5.41) is 19.4. The number of benzene rings is 2. The minimum absolute atomic E-state index is 0.0662. The van der Waals surface area contributed by atoms with Crippen LogP contribution < -0.4 is 4.90 Å². The zero-order chi connectivity index (χ0) is 17.5. The average Bonchev–Trinajstić information content (AvgIpc) is 2.66. The number of anilines is 1. The molecule has 0 saturated heterocycles. The van der Waals surface area contributed by atoms with Crippen LogP contribution in [-0.2, 0) is 0 Å². The molecule has 2 aromatic carbocycles. The van der Waals surface area contributed by atoms with Gasteiger partial charge in [0.15, 0.2) is 0 Å². The predicted molar refractivity (Wildman–Crippen MR) is 103 cm³/mol. The Labute approximate surface area is 147 Å². The van der Waals surface area contributed by atoms with E-state index < -0.39 is 0 Å². The molecule has 0 radical (unpaired) electrons. The third-order valence-corrected chi connectivity index (χ3v) is 4.14. The maximum Gasteiger partial charge on any atom is 0.0707 e. The molecule has 0 amide bonds. The van der Waals surface area contributed by atoms with E-state index in [1.54, 1.807) is 0 Å². The lowest BCUT2D eigenvalue weighted by atomic mass is 10.1. The second-order valence-electron chi connectivity index (χ2n) is 5.78. The Morgan fingerprint density at radius 1 is 0.840 bits per heavy atom. The zero-order valence-corrected chi connectivity index (χ0v) is 14.0. The van der Waals surface area contributed by atoms with Crippen LogP contribution in [-0.4, -0.2) is 41.5 Å². The number of hydrogen-bond donors (Lipinski definition) is 2. The summed E-state index contributed by atoms with van der Waals surface area (Å²) in [6.45, 7) is 1.16. The van der Waals surface area contributed by atoms with Crippen LogP contribution in [0.15, 0.2) is 60.8 Å². The highest BCUT2D eigenvalue weighted by atomic mass is 16.3. The lowest BCUT2D eigenvalue weighted by molar-refractivity contribution is 0.281. The molecule has 1 heterocycles. The third-order valence-electron chi connectivity index (χ3n) is 4.14. The summed E-state index contributed by atoms with van der Waals surface area (Å²) in [5.74, 6) is 0. The lowest BCUT2D eigenvalue weighted by Gasteiger charge is -2.22. The van der Waals surface area contributed by atoms with Crippen molar-refractivity contribution in [3.8, 4) is 0 Å². The van der Waals surface area contributed by atoms with Gasteiger partial charge in [-0.3, -0.25) is 4.98 Å². The Hall–Kier alpha value is -2.69. The first-order valence-corrected chi connectivity index (χ1v) is 8.40. The molecule has 0 spiro atoms. The van der Waals surface area contributed by atoms with Gasteiger partial charge in [0.25, 0.3) is 0 Å². The summed E-state index contributed by atoms with van der Waals surface area (Å²) in [6.07, 6.45) is 6.00. The molecule has 128 valence electrons. The summed E-state index contributed by atoms with van der Waals surface area (Å²) >= 11 is 0. The van der Waals surface area contributed by atoms with E-state index >= 15 is 0 Å². The van der Waals surface area contributed by atoms with E-state index in [-0.39, 0.29) is 13.2 Å². The number of nitrogens with zero attached hydrogens (tertiary/aromatic N) is 2. The number of fused-ring (bicyclic) bond motifs is 1. The van der Waals surface area contributed by atoms with Crippen molar-refractivity contribution >= 4 is 28.7 Å². The lowest BCUT2D eigenvalue weighted by Crippen LogP contribution is -2.29. The minimum Gasteiger partial charge on any atom is -0.395 e. The van der Waals surface area contributed by atoms with Gasteiger partial charge in [-0.05, 0) is 35.4 Å². The molecule has 0 aliphatic carbocycles. The van der Waals surface area contributed by atoms with Crippen molar-refractivity contribution in [1.29, 1.82) is 0 Å². The Balaban J connectivity index is 1.79. The molecule has 0 bridgehead atoms. The second kappa shape index (κ2) is 8.42. The number of aromatic nitrogens is 1. The fraction of sp³-hybridized carbons (Fsp3) is 0.190. The molecule has 0 aliphatic rings. The van der Waals surface area contributed by atoms with Gasteiger partial charge in [0.05, 0.1) is 18.7 Å². The number of aliphatic hydroxyl groups excluding tert-OH is 2. The topological polar surface area (TPSA) is 56.6 Å². The monoisotopic (exact) mass is 334 g/mol. The maximum atomic E-state index is 9.14. The molecule has 3 rings (SSSR count). The Morgan fingerprint density at radius 3 is 2.28 bits per heavy atom. The summed E-state index contributed by atoms with van der Waals surface area (Å²) < 4.78 is 0. The van der Waals surface area contributed by atoms with Gasteiger partial charge in [-0.25, -0.2) is 0 Å². The molecule has 25 heavy (non-hydrogen) atoms. The van der Waals surface area contributed by atoms with Crippen LogP contribution >= 0.6 is 0 Å². The quantitative estimate of drug-likeness (QED) is 0.697. The van der Waals surface area contributed by atoms with Crippen LogP contribution in [0.4, 0.5) is 5.69 Å². The first-order valence-electron chi connectivity index (χ1n) is 8.40. The number of aliphatic hydroxyl groups is 2. The van der Waals surface area contributed by atoms with Crippen molar-refractivity contribution in [2.75, 3.05) is 31.2 Å². The SMILES string of the molecule is OCCN(CCO)c1ccc(/C=C/c2ccnc3ccccc23)cc1. The fourth-order valence-corrected chi connectivity index (χ4v) is 2.86. The van der Waals surface area contributed by atoms with Crippen LogP contribution in [0.2, 0.25) is 0 Å². The fourth-order valence-electron chi connectivity index (χ4n) is 2.86. The van der Waals surface area contributed by atoms with Crippen molar-refractivity contribution in [1.82, 2.24) is 4.98 Å². The number of rotatable bonds is 7.